The highest BCUT2D eigenvalue weighted by Gasteiger charge is 2.08. The standard InChI is InChI=1S/C14H25NO/c1-12(13-9-5-6-11-16-13)8-7-10-15-14(2,3)4/h8-9,15H,5-7,10-11H2,1-4H3. The van der Waals surface area contributed by atoms with E-state index in [2.05, 4.69) is 45.2 Å². The minimum atomic E-state index is 0.211. The van der Waals surface area contributed by atoms with Gasteiger partial charge in [0.25, 0.3) is 0 Å². The van der Waals surface area contributed by atoms with Gasteiger partial charge in [-0.3, -0.25) is 0 Å². The highest BCUT2D eigenvalue weighted by atomic mass is 16.5. The molecule has 1 rings (SSSR count). The molecule has 92 valence electrons. The second kappa shape index (κ2) is 6.09. The summed E-state index contributed by atoms with van der Waals surface area (Å²) in [6.07, 6.45) is 7.83. The largest absolute Gasteiger partial charge is 0.494 e. The SMILES string of the molecule is CC(=CCCNC(C)(C)C)C1=CCCCO1. The molecule has 0 unspecified atom stereocenters. The van der Waals surface area contributed by atoms with Gasteiger partial charge in [-0.2, -0.15) is 0 Å². The van der Waals surface area contributed by atoms with Crippen molar-refractivity contribution < 1.29 is 4.74 Å². The quantitative estimate of drug-likeness (QED) is 0.737. The van der Waals surface area contributed by atoms with Crippen LogP contribution in [0.25, 0.3) is 0 Å². The fourth-order valence-electron chi connectivity index (χ4n) is 1.67. The lowest BCUT2D eigenvalue weighted by Gasteiger charge is -2.20. The number of rotatable bonds is 4. The summed E-state index contributed by atoms with van der Waals surface area (Å²) in [4.78, 5) is 0. The Hall–Kier alpha value is -0.760. The zero-order valence-corrected chi connectivity index (χ0v) is 11.1. The second-order valence-electron chi connectivity index (χ2n) is 5.41. The molecule has 0 spiro atoms. The summed E-state index contributed by atoms with van der Waals surface area (Å²) in [5, 5.41) is 3.48. The molecule has 1 heterocycles. The van der Waals surface area contributed by atoms with Crippen LogP contribution in [-0.4, -0.2) is 18.7 Å². The molecule has 1 aliphatic rings. The van der Waals surface area contributed by atoms with Crippen LogP contribution in [0.4, 0.5) is 0 Å². The molecule has 16 heavy (non-hydrogen) atoms. The van der Waals surface area contributed by atoms with Gasteiger partial charge < -0.3 is 10.1 Å². The third-order valence-electron chi connectivity index (χ3n) is 2.57. The van der Waals surface area contributed by atoms with Crippen molar-refractivity contribution in [1.82, 2.24) is 5.32 Å². The van der Waals surface area contributed by atoms with Crippen LogP contribution in [0.1, 0.15) is 47.0 Å². The van der Waals surface area contributed by atoms with Crippen LogP contribution in [0, 0.1) is 0 Å². The minimum absolute atomic E-state index is 0.211. The Kier molecular flexibility index (Phi) is 5.07. The summed E-state index contributed by atoms with van der Waals surface area (Å²) in [6, 6.07) is 0. The number of hydrogen-bond donors (Lipinski definition) is 1. The molecular weight excluding hydrogens is 198 g/mol. The van der Waals surface area contributed by atoms with Crippen LogP contribution in [0.2, 0.25) is 0 Å². The van der Waals surface area contributed by atoms with Crippen LogP contribution >= 0.6 is 0 Å². The summed E-state index contributed by atoms with van der Waals surface area (Å²) >= 11 is 0. The first kappa shape index (κ1) is 13.3. The van der Waals surface area contributed by atoms with E-state index in [1.165, 1.54) is 5.57 Å². The summed E-state index contributed by atoms with van der Waals surface area (Å²) < 4.78 is 5.61. The van der Waals surface area contributed by atoms with Crippen LogP contribution < -0.4 is 5.32 Å². The van der Waals surface area contributed by atoms with Crippen molar-refractivity contribution in [3.05, 3.63) is 23.5 Å². The fourth-order valence-corrected chi connectivity index (χ4v) is 1.67. The molecule has 0 aromatic rings. The summed E-state index contributed by atoms with van der Waals surface area (Å²) in [5.41, 5.74) is 1.48. The molecule has 1 N–H and O–H groups in total. The predicted octanol–water partition coefficient (Wildman–Crippen LogP) is 3.41. The van der Waals surface area contributed by atoms with Crippen LogP contribution in [0.15, 0.2) is 23.5 Å². The van der Waals surface area contributed by atoms with Gasteiger partial charge in [0.15, 0.2) is 0 Å². The van der Waals surface area contributed by atoms with Gasteiger partial charge in [-0.05, 0) is 65.2 Å². The van der Waals surface area contributed by atoms with E-state index in [1.54, 1.807) is 0 Å². The molecule has 0 aromatic carbocycles. The van der Waals surface area contributed by atoms with Crippen LogP contribution in [0.5, 0.6) is 0 Å². The van der Waals surface area contributed by atoms with E-state index >= 15 is 0 Å². The Labute approximate surface area is 99.8 Å². The van der Waals surface area contributed by atoms with Crippen LogP contribution in [-0.2, 0) is 4.74 Å². The van der Waals surface area contributed by atoms with Crippen molar-refractivity contribution in [2.45, 2.75) is 52.5 Å². The Morgan fingerprint density at radius 1 is 1.50 bits per heavy atom. The Balaban J connectivity index is 2.31. The summed E-state index contributed by atoms with van der Waals surface area (Å²) in [5.74, 6) is 1.09. The zero-order chi connectivity index (χ0) is 12.0. The van der Waals surface area contributed by atoms with Gasteiger partial charge in [0, 0.05) is 5.54 Å². The van der Waals surface area contributed by atoms with E-state index in [4.69, 9.17) is 4.74 Å². The maximum atomic E-state index is 5.61. The fraction of sp³-hybridized carbons (Fsp3) is 0.714. The monoisotopic (exact) mass is 223 g/mol. The highest BCUT2D eigenvalue weighted by molar-refractivity contribution is 5.24. The molecule has 0 saturated heterocycles. The van der Waals surface area contributed by atoms with Gasteiger partial charge in [0.2, 0.25) is 0 Å². The van der Waals surface area contributed by atoms with E-state index < -0.39 is 0 Å². The van der Waals surface area contributed by atoms with Crippen molar-refractivity contribution in [3.63, 3.8) is 0 Å². The van der Waals surface area contributed by atoms with Gasteiger partial charge in [0.05, 0.1) is 6.61 Å². The third kappa shape index (κ3) is 5.36. The second-order valence-corrected chi connectivity index (χ2v) is 5.41. The van der Waals surface area contributed by atoms with Gasteiger partial charge in [0.1, 0.15) is 5.76 Å². The maximum absolute atomic E-state index is 5.61. The molecule has 2 nitrogen and oxygen atoms in total. The summed E-state index contributed by atoms with van der Waals surface area (Å²) in [7, 11) is 0. The molecule has 0 fully saturated rings. The number of ether oxygens (including phenoxy) is 1. The topological polar surface area (TPSA) is 21.3 Å². The van der Waals surface area contributed by atoms with Gasteiger partial charge in [-0.15, -0.1) is 0 Å². The van der Waals surface area contributed by atoms with E-state index in [0.29, 0.717) is 0 Å². The Bertz CT molecular complexity index is 271. The van der Waals surface area contributed by atoms with Crippen molar-refractivity contribution in [3.8, 4) is 0 Å². The lowest BCUT2D eigenvalue weighted by molar-refractivity contribution is 0.201. The molecule has 1 aliphatic heterocycles. The average molecular weight is 223 g/mol. The molecule has 0 atom stereocenters. The molecule has 0 bridgehead atoms. The third-order valence-corrected chi connectivity index (χ3v) is 2.57. The Morgan fingerprint density at radius 3 is 2.81 bits per heavy atom. The molecule has 0 aromatic heterocycles. The lowest BCUT2D eigenvalue weighted by atomic mass is 10.1. The molecule has 0 saturated carbocycles. The molecular formula is C14H25NO. The van der Waals surface area contributed by atoms with Crippen molar-refractivity contribution in [2.75, 3.05) is 13.2 Å². The van der Waals surface area contributed by atoms with E-state index in [0.717, 1.165) is 38.2 Å². The summed E-state index contributed by atoms with van der Waals surface area (Å²) in [6.45, 7) is 10.6. The van der Waals surface area contributed by atoms with Crippen LogP contribution in [0.3, 0.4) is 0 Å². The molecule has 0 amide bonds. The smallest absolute Gasteiger partial charge is 0.117 e. The first-order valence-corrected chi connectivity index (χ1v) is 6.24. The number of nitrogens with one attached hydrogen (secondary N) is 1. The maximum Gasteiger partial charge on any atom is 0.117 e. The van der Waals surface area contributed by atoms with Gasteiger partial charge in [-0.1, -0.05) is 6.08 Å². The van der Waals surface area contributed by atoms with E-state index in [9.17, 15) is 0 Å². The Morgan fingerprint density at radius 2 is 2.25 bits per heavy atom. The molecule has 2 heteroatoms. The predicted molar refractivity (Wildman–Crippen MR) is 69.4 cm³/mol. The number of allylic oxidation sites excluding steroid dienone is 2. The minimum Gasteiger partial charge on any atom is -0.494 e. The highest BCUT2D eigenvalue weighted by Crippen LogP contribution is 2.17. The number of hydrogen-bond acceptors (Lipinski definition) is 2. The first-order chi connectivity index (χ1) is 7.49. The zero-order valence-electron chi connectivity index (χ0n) is 11.1. The van der Waals surface area contributed by atoms with Crippen molar-refractivity contribution >= 4 is 0 Å². The average Bonchev–Trinajstić information content (AvgIpc) is 2.24. The lowest BCUT2D eigenvalue weighted by Crippen LogP contribution is -2.36. The first-order valence-electron chi connectivity index (χ1n) is 6.24. The van der Waals surface area contributed by atoms with Crippen molar-refractivity contribution in [2.24, 2.45) is 0 Å². The molecule has 0 radical (unpaired) electrons. The van der Waals surface area contributed by atoms with E-state index in [-0.39, 0.29) is 5.54 Å². The van der Waals surface area contributed by atoms with Gasteiger partial charge in [-0.25, -0.2) is 0 Å². The van der Waals surface area contributed by atoms with E-state index in [1.807, 2.05) is 0 Å². The molecule has 0 aliphatic carbocycles. The van der Waals surface area contributed by atoms with Gasteiger partial charge >= 0.3 is 0 Å². The normalized spacial score (nSPS) is 18.0. The van der Waals surface area contributed by atoms with Crippen molar-refractivity contribution in [1.29, 1.82) is 0 Å².